The second kappa shape index (κ2) is 5.67. The normalized spacial score (nSPS) is 21.2. The van der Waals surface area contributed by atoms with E-state index in [1.807, 2.05) is 10.6 Å². The van der Waals surface area contributed by atoms with Crippen LogP contribution in [-0.4, -0.2) is 32.6 Å². The van der Waals surface area contributed by atoms with E-state index in [1.54, 1.807) is 12.4 Å². The lowest BCUT2D eigenvalue weighted by Crippen LogP contribution is -2.47. The van der Waals surface area contributed by atoms with Crippen LogP contribution in [0.1, 0.15) is 23.6 Å². The van der Waals surface area contributed by atoms with Crippen molar-refractivity contribution in [3.63, 3.8) is 0 Å². The van der Waals surface area contributed by atoms with Crippen LogP contribution in [0.3, 0.4) is 0 Å². The number of fused-ring (bicyclic) bond motifs is 7. The molecule has 0 saturated carbocycles. The molecule has 140 valence electrons. The quantitative estimate of drug-likeness (QED) is 0.558. The average Bonchev–Trinajstić information content (AvgIpc) is 3.07. The predicted molar refractivity (Wildman–Crippen MR) is 110 cm³/mol. The Balaban J connectivity index is 1.47. The van der Waals surface area contributed by atoms with Crippen molar-refractivity contribution >= 4 is 27.8 Å². The standard InChI is InChI=1S/C22H21N5O/c1-13-5-6-17-16(7-13)20-21(25-17)22(24-12-23-20)26-9-14-8-15(11-26)18-3-2-4-19(28)27(18)10-14/h2-7,12,14-15,25H,8-11H2,1H3/t14-,15+/m1/s1. The number of benzene rings is 1. The molecule has 2 atom stereocenters. The Hall–Kier alpha value is -3.15. The summed E-state index contributed by atoms with van der Waals surface area (Å²) >= 11 is 0. The van der Waals surface area contributed by atoms with Crippen molar-refractivity contribution < 1.29 is 0 Å². The fourth-order valence-corrected chi connectivity index (χ4v) is 5.10. The molecule has 2 aliphatic heterocycles. The number of nitrogens with zero attached hydrogens (tertiary/aromatic N) is 4. The molecule has 2 bridgehead atoms. The summed E-state index contributed by atoms with van der Waals surface area (Å²) in [6, 6.07) is 12.1. The van der Waals surface area contributed by atoms with Crippen LogP contribution in [0.4, 0.5) is 5.82 Å². The number of hydrogen-bond donors (Lipinski definition) is 1. The van der Waals surface area contributed by atoms with Gasteiger partial charge in [0, 0.05) is 48.2 Å². The highest BCUT2D eigenvalue weighted by Crippen LogP contribution is 2.38. The topological polar surface area (TPSA) is 66.8 Å². The smallest absolute Gasteiger partial charge is 0.250 e. The number of aromatic amines is 1. The number of piperidine rings is 1. The Morgan fingerprint density at radius 2 is 2.04 bits per heavy atom. The SMILES string of the molecule is Cc1ccc2[nH]c3c(N4C[C@H]5C[C@@H](C4)c4cccc(=O)n4C5)ncnc3c2c1. The zero-order valence-electron chi connectivity index (χ0n) is 15.7. The van der Waals surface area contributed by atoms with Crippen LogP contribution < -0.4 is 10.5 Å². The minimum absolute atomic E-state index is 0.121. The number of nitrogens with one attached hydrogen (secondary N) is 1. The van der Waals surface area contributed by atoms with Gasteiger partial charge >= 0.3 is 0 Å². The fraction of sp³-hybridized carbons (Fsp3) is 0.318. The van der Waals surface area contributed by atoms with Crippen LogP contribution in [-0.2, 0) is 6.54 Å². The Bertz CT molecular complexity index is 1290. The molecule has 6 nitrogen and oxygen atoms in total. The van der Waals surface area contributed by atoms with E-state index in [9.17, 15) is 4.79 Å². The van der Waals surface area contributed by atoms with Gasteiger partial charge in [-0.1, -0.05) is 17.7 Å². The van der Waals surface area contributed by atoms with Crippen LogP contribution in [0.15, 0.2) is 47.5 Å². The van der Waals surface area contributed by atoms with Gasteiger partial charge in [-0.15, -0.1) is 0 Å². The number of hydrogen-bond acceptors (Lipinski definition) is 4. The Labute approximate surface area is 161 Å². The van der Waals surface area contributed by atoms with E-state index in [4.69, 9.17) is 0 Å². The molecule has 4 aromatic rings. The van der Waals surface area contributed by atoms with E-state index in [-0.39, 0.29) is 5.56 Å². The number of H-pyrrole nitrogens is 1. The highest BCUT2D eigenvalue weighted by Gasteiger charge is 2.35. The lowest BCUT2D eigenvalue weighted by Gasteiger charge is -2.43. The molecule has 1 fully saturated rings. The van der Waals surface area contributed by atoms with E-state index in [0.717, 1.165) is 59.5 Å². The van der Waals surface area contributed by atoms with Gasteiger partial charge in [0.1, 0.15) is 17.4 Å². The van der Waals surface area contributed by atoms with Crippen molar-refractivity contribution in [2.24, 2.45) is 5.92 Å². The van der Waals surface area contributed by atoms with Crippen molar-refractivity contribution in [2.75, 3.05) is 18.0 Å². The summed E-state index contributed by atoms with van der Waals surface area (Å²) in [5.41, 5.74) is 5.59. The first-order valence-corrected chi connectivity index (χ1v) is 9.85. The maximum Gasteiger partial charge on any atom is 0.250 e. The van der Waals surface area contributed by atoms with Gasteiger partial charge in [0.25, 0.3) is 5.56 Å². The molecule has 3 aromatic heterocycles. The van der Waals surface area contributed by atoms with E-state index >= 15 is 0 Å². The number of aryl methyl sites for hydroxylation is 1. The summed E-state index contributed by atoms with van der Waals surface area (Å²) in [5.74, 6) is 1.79. The van der Waals surface area contributed by atoms with E-state index in [0.29, 0.717) is 11.8 Å². The van der Waals surface area contributed by atoms with Crippen molar-refractivity contribution in [1.82, 2.24) is 19.5 Å². The number of anilines is 1. The summed E-state index contributed by atoms with van der Waals surface area (Å²) in [4.78, 5) is 27.4. The molecular formula is C22H21N5O. The van der Waals surface area contributed by atoms with E-state index in [2.05, 4.69) is 51.0 Å². The first-order valence-electron chi connectivity index (χ1n) is 9.85. The molecule has 6 heteroatoms. The van der Waals surface area contributed by atoms with Crippen LogP contribution in [0.2, 0.25) is 0 Å². The van der Waals surface area contributed by atoms with Gasteiger partial charge in [-0.05, 0) is 37.5 Å². The zero-order valence-corrected chi connectivity index (χ0v) is 15.7. The van der Waals surface area contributed by atoms with E-state index in [1.165, 1.54) is 5.56 Å². The second-order valence-electron chi connectivity index (χ2n) is 8.20. The highest BCUT2D eigenvalue weighted by atomic mass is 16.1. The van der Waals surface area contributed by atoms with Gasteiger partial charge in [0.05, 0.1) is 0 Å². The molecule has 6 rings (SSSR count). The van der Waals surface area contributed by atoms with E-state index < -0.39 is 0 Å². The molecule has 2 aliphatic rings. The van der Waals surface area contributed by atoms with Crippen LogP contribution in [0.5, 0.6) is 0 Å². The third kappa shape index (κ3) is 2.24. The molecule has 0 spiro atoms. The van der Waals surface area contributed by atoms with Crippen LogP contribution >= 0.6 is 0 Å². The maximum atomic E-state index is 12.3. The summed E-state index contributed by atoms with van der Waals surface area (Å²) in [6.45, 7) is 4.69. The number of pyridine rings is 1. The summed E-state index contributed by atoms with van der Waals surface area (Å²) < 4.78 is 1.97. The largest absolute Gasteiger partial charge is 0.354 e. The van der Waals surface area contributed by atoms with Gasteiger partial charge < -0.3 is 14.5 Å². The Kier molecular flexibility index (Phi) is 3.21. The Morgan fingerprint density at radius 1 is 1.11 bits per heavy atom. The van der Waals surface area contributed by atoms with Crippen molar-refractivity contribution in [3.8, 4) is 0 Å². The van der Waals surface area contributed by atoms with Crippen LogP contribution in [0.25, 0.3) is 21.9 Å². The molecule has 0 aliphatic carbocycles. The first-order chi connectivity index (χ1) is 13.7. The van der Waals surface area contributed by atoms with Gasteiger partial charge in [-0.25, -0.2) is 9.97 Å². The molecule has 1 aromatic carbocycles. The maximum absolute atomic E-state index is 12.3. The lowest BCUT2D eigenvalue weighted by molar-refractivity contribution is 0.281. The summed E-state index contributed by atoms with van der Waals surface area (Å²) in [5, 5.41) is 1.15. The molecule has 0 unspecified atom stereocenters. The number of rotatable bonds is 1. The van der Waals surface area contributed by atoms with Crippen molar-refractivity contribution in [3.05, 3.63) is 64.3 Å². The van der Waals surface area contributed by atoms with Gasteiger partial charge in [0.2, 0.25) is 0 Å². The third-order valence-electron chi connectivity index (χ3n) is 6.30. The minimum atomic E-state index is 0.121. The second-order valence-corrected chi connectivity index (χ2v) is 8.20. The molecule has 1 saturated heterocycles. The van der Waals surface area contributed by atoms with Gasteiger partial charge in [-0.3, -0.25) is 4.79 Å². The molecule has 28 heavy (non-hydrogen) atoms. The number of aromatic nitrogens is 4. The third-order valence-corrected chi connectivity index (χ3v) is 6.30. The lowest BCUT2D eigenvalue weighted by atomic mass is 9.83. The molecule has 0 amide bonds. The monoisotopic (exact) mass is 371 g/mol. The molecule has 1 N–H and O–H groups in total. The highest BCUT2D eigenvalue weighted by molar-refractivity contribution is 6.08. The minimum Gasteiger partial charge on any atom is -0.354 e. The van der Waals surface area contributed by atoms with Crippen LogP contribution in [0, 0.1) is 12.8 Å². The van der Waals surface area contributed by atoms with Gasteiger partial charge in [0.15, 0.2) is 5.82 Å². The summed E-state index contributed by atoms with van der Waals surface area (Å²) in [6.07, 6.45) is 2.82. The first kappa shape index (κ1) is 15.9. The molecular weight excluding hydrogens is 350 g/mol. The molecule has 5 heterocycles. The fourth-order valence-electron chi connectivity index (χ4n) is 5.10. The Morgan fingerprint density at radius 3 is 2.96 bits per heavy atom. The zero-order chi connectivity index (χ0) is 18.8. The van der Waals surface area contributed by atoms with Gasteiger partial charge in [-0.2, -0.15) is 0 Å². The van der Waals surface area contributed by atoms with Crippen molar-refractivity contribution in [1.29, 1.82) is 0 Å². The molecule has 0 radical (unpaired) electrons. The predicted octanol–water partition coefficient (Wildman–Crippen LogP) is 3.20. The average molecular weight is 371 g/mol. The summed E-state index contributed by atoms with van der Waals surface area (Å²) in [7, 11) is 0. The van der Waals surface area contributed by atoms with Crippen molar-refractivity contribution in [2.45, 2.75) is 25.8 Å².